The summed E-state index contributed by atoms with van der Waals surface area (Å²) in [4.78, 5) is 4.53. The second-order valence-electron chi connectivity index (χ2n) is 4.45. The summed E-state index contributed by atoms with van der Waals surface area (Å²) in [5.74, 6) is -0.682. The quantitative estimate of drug-likeness (QED) is 0.798. The van der Waals surface area contributed by atoms with E-state index in [9.17, 15) is 8.78 Å². The van der Waals surface area contributed by atoms with E-state index in [1.165, 1.54) is 12.1 Å². The van der Waals surface area contributed by atoms with Crippen LogP contribution in [0.3, 0.4) is 0 Å². The molecule has 1 aromatic carbocycles. The second-order valence-corrected chi connectivity index (χ2v) is 4.45. The summed E-state index contributed by atoms with van der Waals surface area (Å²) in [5, 5.41) is 0. The van der Waals surface area contributed by atoms with Gasteiger partial charge in [-0.1, -0.05) is 6.92 Å². The van der Waals surface area contributed by atoms with Crippen LogP contribution in [-0.4, -0.2) is 42.5 Å². The van der Waals surface area contributed by atoms with Crippen molar-refractivity contribution < 1.29 is 8.78 Å². The molecule has 2 rings (SSSR count). The van der Waals surface area contributed by atoms with Gasteiger partial charge in [-0.15, -0.1) is 0 Å². The van der Waals surface area contributed by atoms with Crippen LogP contribution in [0.4, 0.5) is 8.78 Å². The molecule has 1 aromatic rings. The molecule has 0 bridgehead atoms. The number of hydrogen-bond donors (Lipinski definition) is 0. The van der Waals surface area contributed by atoms with E-state index >= 15 is 0 Å². The first-order valence-electron chi connectivity index (χ1n) is 6.07. The summed E-state index contributed by atoms with van der Waals surface area (Å²) < 4.78 is 26.5. The number of likely N-dealkylation sites (N-methyl/N-ethyl adjacent to an activating group) is 1. The molecule has 0 unspecified atom stereocenters. The number of nitrogens with zero attached hydrogens (tertiary/aromatic N) is 2. The van der Waals surface area contributed by atoms with E-state index in [1.807, 2.05) is 0 Å². The number of benzene rings is 1. The van der Waals surface area contributed by atoms with E-state index in [1.54, 1.807) is 0 Å². The molecule has 0 aromatic heterocycles. The molecular formula is C13H18F2N2. The largest absolute Gasteiger partial charge is 0.301 e. The first kappa shape index (κ1) is 12.5. The maximum Gasteiger partial charge on any atom is 0.127 e. The minimum absolute atomic E-state index is 0.315. The molecule has 0 atom stereocenters. The molecule has 1 fully saturated rings. The Labute approximate surface area is 101 Å². The lowest BCUT2D eigenvalue weighted by Crippen LogP contribution is -2.45. The van der Waals surface area contributed by atoms with Crippen LogP contribution in [0.2, 0.25) is 0 Å². The Morgan fingerprint density at radius 1 is 1.06 bits per heavy atom. The molecule has 0 radical (unpaired) electrons. The Morgan fingerprint density at radius 2 is 1.71 bits per heavy atom. The molecule has 0 spiro atoms. The number of halogens is 2. The van der Waals surface area contributed by atoms with Gasteiger partial charge in [0.25, 0.3) is 0 Å². The van der Waals surface area contributed by atoms with Crippen LogP contribution < -0.4 is 0 Å². The van der Waals surface area contributed by atoms with Gasteiger partial charge in [0.1, 0.15) is 11.6 Å². The Morgan fingerprint density at radius 3 is 2.35 bits per heavy atom. The second kappa shape index (κ2) is 5.56. The van der Waals surface area contributed by atoms with Gasteiger partial charge in [0.15, 0.2) is 0 Å². The van der Waals surface area contributed by atoms with Crippen LogP contribution in [0.15, 0.2) is 18.2 Å². The summed E-state index contributed by atoms with van der Waals surface area (Å²) >= 11 is 0. The van der Waals surface area contributed by atoms with Gasteiger partial charge in [0.2, 0.25) is 0 Å². The molecule has 0 N–H and O–H groups in total. The van der Waals surface area contributed by atoms with Gasteiger partial charge in [-0.2, -0.15) is 0 Å². The minimum Gasteiger partial charge on any atom is -0.301 e. The zero-order valence-corrected chi connectivity index (χ0v) is 10.1. The Hall–Kier alpha value is -1.00. The van der Waals surface area contributed by atoms with E-state index in [2.05, 4.69) is 16.7 Å². The van der Waals surface area contributed by atoms with Crippen molar-refractivity contribution in [1.29, 1.82) is 0 Å². The molecule has 2 nitrogen and oxygen atoms in total. The molecule has 17 heavy (non-hydrogen) atoms. The van der Waals surface area contributed by atoms with E-state index in [4.69, 9.17) is 0 Å². The van der Waals surface area contributed by atoms with Crippen LogP contribution in [-0.2, 0) is 6.54 Å². The van der Waals surface area contributed by atoms with Crippen LogP contribution in [0.25, 0.3) is 0 Å². The number of rotatable bonds is 3. The summed E-state index contributed by atoms with van der Waals surface area (Å²) in [6.07, 6.45) is 0. The third kappa shape index (κ3) is 3.23. The molecule has 1 aliphatic heterocycles. The topological polar surface area (TPSA) is 6.48 Å². The Bertz CT molecular complexity index is 374. The fourth-order valence-corrected chi connectivity index (χ4v) is 2.17. The molecule has 0 saturated carbocycles. The highest BCUT2D eigenvalue weighted by Crippen LogP contribution is 2.13. The molecule has 94 valence electrons. The first-order valence-corrected chi connectivity index (χ1v) is 6.07. The van der Waals surface area contributed by atoms with Crippen molar-refractivity contribution >= 4 is 0 Å². The van der Waals surface area contributed by atoms with E-state index in [0.717, 1.165) is 38.8 Å². The van der Waals surface area contributed by atoms with Crippen LogP contribution in [0, 0.1) is 11.6 Å². The molecule has 0 aliphatic carbocycles. The zero-order valence-electron chi connectivity index (χ0n) is 10.1. The molecule has 1 aliphatic rings. The predicted octanol–water partition coefficient (Wildman–Crippen LogP) is 2.10. The summed E-state index contributed by atoms with van der Waals surface area (Å²) in [6, 6.07) is 3.66. The van der Waals surface area contributed by atoms with Crippen molar-refractivity contribution in [2.75, 3.05) is 32.7 Å². The first-order chi connectivity index (χ1) is 8.19. The van der Waals surface area contributed by atoms with Gasteiger partial charge in [0.05, 0.1) is 0 Å². The van der Waals surface area contributed by atoms with Gasteiger partial charge >= 0.3 is 0 Å². The van der Waals surface area contributed by atoms with Crippen molar-refractivity contribution in [2.24, 2.45) is 0 Å². The highest BCUT2D eigenvalue weighted by atomic mass is 19.1. The summed E-state index contributed by atoms with van der Waals surface area (Å²) in [7, 11) is 0. The van der Waals surface area contributed by atoms with Gasteiger partial charge in [0, 0.05) is 38.3 Å². The monoisotopic (exact) mass is 240 g/mol. The van der Waals surface area contributed by atoms with Crippen molar-refractivity contribution in [2.45, 2.75) is 13.5 Å². The average Bonchev–Trinajstić information content (AvgIpc) is 2.35. The Balaban J connectivity index is 1.95. The molecule has 0 amide bonds. The lowest BCUT2D eigenvalue weighted by atomic mass is 10.2. The molecular weight excluding hydrogens is 222 g/mol. The Kier molecular flexibility index (Phi) is 4.07. The highest BCUT2D eigenvalue weighted by molar-refractivity contribution is 5.18. The van der Waals surface area contributed by atoms with Gasteiger partial charge in [-0.05, 0) is 24.7 Å². The maximum absolute atomic E-state index is 13.5. The van der Waals surface area contributed by atoms with Crippen molar-refractivity contribution in [3.8, 4) is 0 Å². The number of hydrogen-bond acceptors (Lipinski definition) is 2. The standard InChI is InChI=1S/C13H18F2N2/c1-2-16-5-7-17(8-6-16)10-11-9-12(14)3-4-13(11)15/h3-4,9H,2,5-8,10H2,1H3. The fraction of sp³-hybridized carbons (Fsp3) is 0.538. The SMILES string of the molecule is CCN1CCN(Cc2cc(F)ccc2F)CC1. The van der Waals surface area contributed by atoms with Crippen molar-refractivity contribution in [3.05, 3.63) is 35.4 Å². The number of piperazine rings is 1. The smallest absolute Gasteiger partial charge is 0.127 e. The van der Waals surface area contributed by atoms with Gasteiger partial charge in [-0.3, -0.25) is 4.90 Å². The predicted molar refractivity (Wildman–Crippen MR) is 63.7 cm³/mol. The summed E-state index contributed by atoms with van der Waals surface area (Å²) in [5.41, 5.74) is 0.454. The molecule has 1 heterocycles. The zero-order chi connectivity index (χ0) is 12.3. The fourth-order valence-electron chi connectivity index (χ4n) is 2.17. The van der Waals surface area contributed by atoms with Crippen LogP contribution in [0.1, 0.15) is 12.5 Å². The van der Waals surface area contributed by atoms with E-state index in [0.29, 0.717) is 12.1 Å². The average molecular weight is 240 g/mol. The van der Waals surface area contributed by atoms with Crippen molar-refractivity contribution in [3.63, 3.8) is 0 Å². The lowest BCUT2D eigenvalue weighted by Gasteiger charge is -2.34. The van der Waals surface area contributed by atoms with Crippen LogP contribution in [0.5, 0.6) is 0 Å². The summed E-state index contributed by atoms with van der Waals surface area (Å²) in [6.45, 7) is 7.56. The van der Waals surface area contributed by atoms with Crippen LogP contribution >= 0.6 is 0 Å². The minimum atomic E-state index is -0.367. The van der Waals surface area contributed by atoms with E-state index < -0.39 is 0 Å². The normalized spacial score (nSPS) is 18.5. The van der Waals surface area contributed by atoms with Crippen molar-refractivity contribution in [1.82, 2.24) is 9.80 Å². The van der Waals surface area contributed by atoms with E-state index in [-0.39, 0.29) is 11.6 Å². The maximum atomic E-state index is 13.5. The third-order valence-electron chi connectivity index (χ3n) is 3.31. The highest BCUT2D eigenvalue weighted by Gasteiger charge is 2.16. The molecule has 4 heteroatoms. The van der Waals surface area contributed by atoms with Gasteiger partial charge in [-0.25, -0.2) is 8.78 Å². The van der Waals surface area contributed by atoms with Gasteiger partial charge < -0.3 is 4.90 Å². The lowest BCUT2D eigenvalue weighted by molar-refractivity contribution is 0.131. The third-order valence-corrected chi connectivity index (χ3v) is 3.31. The molecule has 1 saturated heterocycles.